The molecule has 0 bridgehead atoms. The maximum absolute atomic E-state index is 13.4. The SMILES string of the molecule is N[C@@H](CO)c1ccc(OC2CCC2)nc1.O=C(N[C@@H](CO)c1ccc(OC2CCC2)nc1)[C@H]1C[C@@H]1c1cccc(F)c1.O=C(O)[C@H]1C[C@@H]1c1cccc(F)c1. The molecule has 0 saturated heterocycles. The third kappa shape index (κ3) is 11.1. The number of nitrogens with two attached hydrogens (primary N) is 1. The molecule has 292 valence electrons. The van der Waals surface area contributed by atoms with Gasteiger partial charge in [0.1, 0.15) is 23.8 Å². The molecule has 1 amide bonds. The molecule has 6 atom stereocenters. The van der Waals surface area contributed by atoms with Crippen molar-refractivity contribution in [3.8, 4) is 11.8 Å². The molecule has 11 nitrogen and oxygen atoms in total. The summed E-state index contributed by atoms with van der Waals surface area (Å²) >= 11 is 0. The van der Waals surface area contributed by atoms with Gasteiger partial charge < -0.3 is 35.8 Å². The number of carboxylic acids is 1. The molecule has 4 aromatic rings. The lowest BCUT2D eigenvalue weighted by Crippen LogP contribution is -2.32. The first-order chi connectivity index (χ1) is 26.6. The van der Waals surface area contributed by atoms with Crippen LogP contribution in [0.1, 0.15) is 97.5 Å². The Kier molecular flexibility index (Phi) is 13.4. The van der Waals surface area contributed by atoms with Crippen molar-refractivity contribution < 1.29 is 43.2 Å². The zero-order valence-corrected chi connectivity index (χ0v) is 30.5. The Labute approximate surface area is 318 Å². The molecule has 4 fully saturated rings. The maximum atomic E-state index is 13.4. The van der Waals surface area contributed by atoms with Gasteiger partial charge in [0.2, 0.25) is 17.7 Å². The molecule has 0 aliphatic heterocycles. The average molecular weight is 759 g/mol. The molecule has 0 radical (unpaired) electrons. The maximum Gasteiger partial charge on any atom is 0.307 e. The normalized spacial score (nSPS) is 22.1. The van der Waals surface area contributed by atoms with E-state index in [1.54, 1.807) is 36.7 Å². The highest BCUT2D eigenvalue weighted by Crippen LogP contribution is 2.48. The minimum absolute atomic E-state index is 0.0215. The molecule has 2 aromatic heterocycles. The molecule has 0 spiro atoms. The number of benzene rings is 2. The molecule has 4 saturated carbocycles. The number of nitrogens with one attached hydrogen (secondary N) is 1. The third-order valence-corrected chi connectivity index (χ3v) is 10.5. The number of halogens is 2. The van der Waals surface area contributed by atoms with Gasteiger partial charge in [-0.2, -0.15) is 0 Å². The van der Waals surface area contributed by atoms with Crippen LogP contribution >= 0.6 is 0 Å². The average Bonchev–Trinajstić information content (AvgIpc) is 4.09. The van der Waals surface area contributed by atoms with E-state index in [-0.39, 0.29) is 66.6 Å². The lowest BCUT2D eigenvalue weighted by molar-refractivity contribution is -0.138. The predicted octanol–water partition coefficient (Wildman–Crippen LogP) is 6.12. The van der Waals surface area contributed by atoms with Crippen molar-refractivity contribution in [3.05, 3.63) is 119 Å². The van der Waals surface area contributed by atoms with E-state index in [0.717, 1.165) is 47.9 Å². The van der Waals surface area contributed by atoms with Gasteiger partial charge in [-0.1, -0.05) is 30.3 Å². The molecule has 4 aliphatic rings. The molecular formula is C42H48F2N4O7. The van der Waals surface area contributed by atoms with Gasteiger partial charge in [0.15, 0.2) is 0 Å². The topological polar surface area (TPSA) is 177 Å². The number of rotatable bonds is 13. The smallest absolute Gasteiger partial charge is 0.307 e. The summed E-state index contributed by atoms with van der Waals surface area (Å²) in [6.45, 7) is -0.280. The molecule has 0 unspecified atom stereocenters. The van der Waals surface area contributed by atoms with Crippen LogP contribution in [-0.2, 0) is 9.59 Å². The monoisotopic (exact) mass is 758 g/mol. The van der Waals surface area contributed by atoms with Gasteiger partial charge >= 0.3 is 5.97 Å². The number of amides is 1. The number of aromatic nitrogens is 2. The fourth-order valence-electron chi connectivity index (χ4n) is 6.45. The molecule has 55 heavy (non-hydrogen) atoms. The molecule has 6 N–H and O–H groups in total. The van der Waals surface area contributed by atoms with Crippen LogP contribution in [0.25, 0.3) is 0 Å². The summed E-state index contributed by atoms with van der Waals surface area (Å²) in [7, 11) is 0. The second-order valence-corrected chi connectivity index (χ2v) is 14.6. The summed E-state index contributed by atoms with van der Waals surface area (Å²) < 4.78 is 37.4. The lowest BCUT2D eigenvalue weighted by atomic mass is 9.96. The van der Waals surface area contributed by atoms with E-state index in [4.69, 9.17) is 25.4 Å². The number of aliphatic hydroxyl groups is 2. The van der Waals surface area contributed by atoms with E-state index in [1.807, 2.05) is 24.3 Å². The van der Waals surface area contributed by atoms with Gasteiger partial charge in [-0.3, -0.25) is 9.59 Å². The number of carbonyl (C=O) groups is 2. The van der Waals surface area contributed by atoms with E-state index in [2.05, 4.69) is 15.3 Å². The number of aliphatic carboxylic acids is 1. The zero-order valence-electron chi connectivity index (χ0n) is 30.5. The van der Waals surface area contributed by atoms with Gasteiger partial charge in [-0.05, 0) is 116 Å². The highest BCUT2D eigenvalue weighted by molar-refractivity contribution is 5.83. The van der Waals surface area contributed by atoms with Gasteiger partial charge in [0, 0.05) is 30.4 Å². The number of carboxylic acid groups (broad SMARTS) is 1. The van der Waals surface area contributed by atoms with Crippen LogP contribution in [0.4, 0.5) is 8.78 Å². The molecule has 13 heteroatoms. The second kappa shape index (κ2) is 18.6. The summed E-state index contributed by atoms with van der Waals surface area (Å²) in [5.41, 5.74) is 8.86. The van der Waals surface area contributed by atoms with E-state index < -0.39 is 12.0 Å². The molecular weight excluding hydrogens is 710 g/mol. The minimum atomic E-state index is -0.783. The van der Waals surface area contributed by atoms with E-state index >= 15 is 0 Å². The van der Waals surface area contributed by atoms with Crippen molar-refractivity contribution in [2.24, 2.45) is 17.6 Å². The van der Waals surface area contributed by atoms with Crippen LogP contribution in [0.5, 0.6) is 11.8 Å². The van der Waals surface area contributed by atoms with E-state index in [0.29, 0.717) is 30.7 Å². The Morgan fingerprint density at radius 1 is 0.745 bits per heavy atom. The van der Waals surface area contributed by atoms with Gasteiger partial charge in [-0.25, -0.2) is 18.7 Å². The van der Waals surface area contributed by atoms with Crippen LogP contribution in [0, 0.1) is 23.5 Å². The lowest BCUT2D eigenvalue weighted by Gasteiger charge is -2.25. The van der Waals surface area contributed by atoms with E-state index in [9.17, 15) is 23.5 Å². The van der Waals surface area contributed by atoms with Crippen molar-refractivity contribution in [1.29, 1.82) is 0 Å². The van der Waals surface area contributed by atoms with Crippen molar-refractivity contribution in [1.82, 2.24) is 15.3 Å². The first-order valence-corrected chi connectivity index (χ1v) is 18.9. The minimum Gasteiger partial charge on any atom is -0.481 e. The molecule has 2 heterocycles. The fourth-order valence-corrected chi connectivity index (χ4v) is 6.45. The van der Waals surface area contributed by atoms with Gasteiger partial charge in [0.05, 0.1) is 31.2 Å². The van der Waals surface area contributed by atoms with Crippen LogP contribution in [0.2, 0.25) is 0 Å². The quantitative estimate of drug-likeness (QED) is 0.107. The fraction of sp³-hybridized carbons (Fsp3) is 0.429. The van der Waals surface area contributed by atoms with Crippen molar-refractivity contribution in [2.75, 3.05) is 13.2 Å². The Bertz CT molecular complexity index is 1870. The third-order valence-electron chi connectivity index (χ3n) is 10.5. The Morgan fingerprint density at radius 2 is 1.25 bits per heavy atom. The number of nitrogens with zero attached hydrogens (tertiary/aromatic N) is 2. The molecule has 4 aliphatic carbocycles. The summed E-state index contributed by atoms with van der Waals surface area (Å²) in [4.78, 5) is 31.5. The summed E-state index contributed by atoms with van der Waals surface area (Å²) in [6, 6.07) is 18.9. The van der Waals surface area contributed by atoms with Crippen LogP contribution in [-0.4, -0.2) is 62.6 Å². The van der Waals surface area contributed by atoms with Crippen LogP contribution in [0.3, 0.4) is 0 Å². The zero-order chi connectivity index (χ0) is 38.9. The van der Waals surface area contributed by atoms with Crippen LogP contribution in [0.15, 0.2) is 85.2 Å². The Hall–Kier alpha value is -4.98. The van der Waals surface area contributed by atoms with Gasteiger partial charge in [0.25, 0.3) is 0 Å². The number of pyridine rings is 2. The van der Waals surface area contributed by atoms with Crippen molar-refractivity contribution in [3.63, 3.8) is 0 Å². The second-order valence-electron chi connectivity index (χ2n) is 14.6. The number of carbonyl (C=O) groups excluding carboxylic acids is 1. The van der Waals surface area contributed by atoms with Crippen molar-refractivity contribution in [2.45, 2.75) is 87.5 Å². The number of ether oxygens (including phenoxy) is 2. The first kappa shape index (κ1) is 39.7. The van der Waals surface area contributed by atoms with E-state index in [1.165, 1.54) is 37.1 Å². The van der Waals surface area contributed by atoms with Crippen LogP contribution < -0.4 is 20.5 Å². The highest BCUT2D eigenvalue weighted by Gasteiger charge is 2.45. The largest absolute Gasteiger partial charge is 0.481 e. The molecule has 2 aromatic carbocycles. The number of hydrogen-bond acceptors (Lipinski definition) is 9. The number of aliphatic hydroxyl groups excluding tert-OH is 2. The standard InChI is InChI=1S/C21H23FN2O3.C11H16N2O2.C10H9FO2/c22-15-4-1-3-13(9-15)17-10-18(17)21(26)24-19(12-25)14-7-8-20(23-11-14)27-16-5-2-6-16;12-10(7-14)8-4-5-11(13-6-8)15-9-2-1-3-9;11-7-3-1-2-6(4-7)8-5-9(8)10(12)13/h1,3-4,7-9,11,16-19,25H,2,5-6,10,12H2,(H,24,26);4-6,9-10,14H,1-3,7,12H2;1-4,8-9H,5H2,(H,12,13)/t17-,18+,19+;10-;8-,9+/m101/s1. The number of hydrogen-bond donors (Lipinski definition) is 5. The first-order valence-electron chi connectivity index (χ1n) is 18.9. The predicted molar refractivity (Wildman–Crippen MR) is 199 cm³/mol. The summed E-state index contributed by atoms with van der Waals surface area (Å²) in [5.74, 6) is -0.710. The Morgan fingerprint density at radius 3 is 1.65 bits per heavy atom. The molecule has 8 rings (SSSR count). The van der Waals surface area contributed by atoms with Crippen molar-refractivity contribution >= 4 is 11.9 Å². The summed E-state index contributed by atoms with van der Waals surface area (Å²) in [6.07, 6.45) is 12.0. The Balaban J connectivity index is 0.000000155. The summed E-state index contributed by atoms with van der Waals surface area (Å²) in [5, 5.41) is 30.1. The van der Waals surface area contributed by atoms with Gasteiger partial charge in [-0.15, -0.1) is 0 Å². The highest BCUT2D eigenvalue weighted by atomic mass is 19.1.